The number of amides is 1. The minimum Gasteiger partial charge on any atom is -0.345 e. The first-order valence-corrected chi connectivity index (χ1v) is 6.39. The van der Waals surface area contributed by atoms with Gasteiger partial charge in [-0.05, 0) is 19.1 Å². The molecule has 0 saturated carbocycles. The SMILES string of the molecule is CCn1cccc1-c1noc(CNC(=O)c2ncn[nH]2)n1. The maximum atomic E-state index is 11.7. The second-order valence-corrected chi connectivity index (χ2v) is 4.21. The number of hydrogen-bond acceptors (Lipinski definition) is 6. The van der Waals surface area contributed by atoms with Crippen LogP contribution in [0.15, 0.2) is 29.2 Å². The van der Waals surface area contributed by atoms with Crippen molar-refractivity contribution in [1.29, 1.82) is 0 Å². The van der Waals surface area contributed by atoms with Crippen LogP contribution in [0, 0.1) is 0 Å². The third-order valence-corrected chi connectivity index (χ3v) is 2.90. The van der Waals surface area contributed by atoms with Crippen LogP contribution in [0.25, 0.3) is 11.5 Å². The van der Waals surface area contributed by atoms with Crippen LogP contribution >= 0.6 is 0 Å². The van der Waals surface area contributed by atoms with Gasteiger partial charge in [0, 0.05) is 12.7 Å². The van der Waals surface area contributed by atoms with Gasteiger partial charge < -0.3 is 14.4 Å². The van der Waals surface area contributed by atoms with E-state index in [4.69, 9.17) is 4.52 Å². The summed E-state index contributed by atoms with van der Waals surface area (Å²) in [6, 6.07) is 3.83. The molecule has 21 heavy (non-hydrogen) atoms. The van der Waals surface area contributed by atoms with Gasteiger partial charge in [0.05, 0.1) is 12.2 Å². The lowest BCUT2D eigenvalue weighted by atomic mass is 10.4. The Morgan fingerprint density at radius 1 is 1.52 bits per heavy atom. The Bertz CT molecular complexity index is 728. The highest BCUT2D eigenvalue weighted by Gasteiger charge is 2.13. The van der Waals surface area contributed by atoms with Crippen molar-refractivity contribution >= 4 is 5.91 Å². The van der Waals surface area contributed by atoms with Crippen LogP contribution in [0.2, 0.25) is 0 Å². The zero-order valence-corrected chi connectivity index (χ0v) is 11.3. The van der Waals surface area contributed by atoms with Gasteiger partial charge in [0.15, 0.2) is 0 Å². The number of hydrogen-bond donors (Lipinski definition) is 2. The lowest BCUT2D eigenvalue weighted by Crippen LogP contribution is -2.24. The molecular formula is C12H13N7O2. The lowest BCUT2D eigenvalue weighted by Gasteiger charge is -2.00. The van der Waals surface area contributed by atoms with Crippen LogP contribution in [0.3, 0.4) is 0 Å². The number of nitrogens with one attached hydrogen (secondary N) is 2. The first-order chi connectivity index (χ1) is 10.3. The highest BCUT2D eigenvalue weighted by atomic mass is 16.5. The molecule has 0 saturated heterocycles. The summed E-state index contributed by atoms with van der Waals surface area (Å²) in [6.07, 6.45) is 3.20. The average Bonchev–Trinajstić information content (AvgIpc) is 3.24. The fourth-order valence-electron chi connectivity index (χ4n) is 1.88. The fourth-order valence-corrected chi connectivity index (χ4v) is 1.88. The minimum absolute atomic E-state index is 0.124. The molecule has 3 heterocycles. The Kier molecular flexibility index (Phi) is 3.46. The normalized spacial score (nSPS) is 10.7. The third kappa shape index (κ3) is 2.66. The lowest BCUT2D eigenvalue weighted by molar-refractivity contribution is 0.0936. The number of nitrogens with zero attached hydrogens (tertiary/aromatic N) is 5. The Morgan fingerprint density at radius 3 is 3.19 bits per heavy atom. The Hall–Kier alpha value is -2.97. The average molecular weight is 287 g/mol. The van der Waals surface area contributed by atoms with Gasteiger partial charge in [-0.3, -0.25) is 9.89 Å². The van der Waals surface area contributed by atoms with E-state index in [0.29, 0.717) is 11.7 Å². The predicted molar refractivity (Wildman–Crippen MR) is 71.0 cm³/mol. The van der Waals surface area contributed by atoms with Crippen LogP contribution in [0.5, 0.6) is 0 Å². The largest absolute Gasteiger partial charge is 0.345 e. The van der Waals surface area contributed by atoms with Gasteiger partial charge in [0.25, 0.3) is 5.91 Å². The smallest absolute Gasteiger partial charge is 0.289 e. The Labute approximate surface area is 119 Å². The van der Waals surface area contributed by atoms with E-state index in [9.17, 15) is 4.79 Å². The van der Waals surface area contributed by atoms with E-state index in [-0.39, 0.29) is 18.3 Å². The standard InChI is InChI=1S/C12H13N7O2/c1-2-19-5-3-4-8(19)10-16-9(21-18-10)6-13-12(20)11-14-7-15-17-11/h3-5,7H,2,6H2,1H3,(H,13,20)(H,14,15,17). The van der Waals surface area contributed by atoms with E-state index in [1.807, 2.05) is 29.8 Å². The molecule has 0 atom stereocenters. The summed E-state index contributed by atoms with van der Waals surface area (Å²) >= 11 is 0. The first-order valence-electron chi connectivity index (χ1n) is 6.39. The quantitative estimate of drug-likeness (QED) is 0.710. The van der Waals surface area contributed by atoms with Crippen molar-refractivity contribution in [3.63, 3.8) is 0 Å². The van der Waals surface area contributed by atoms with Crippen molar-refractivity contribution in [3.05, 3.63) is 36.4 Å². The molecule has 0 radical (unpaired) electrons. The summed E-state index contributed by atoms with van der Waals surface area (Å²) in [5, 5.41) is 12.6. The molecule has 0 unspecified atom stereocenters. The number of rotatable bonds is 5. The number of carbonyl (C=O) groups excluding carboxylic acids is 1. The van der Waals surface area contributed by atoms with Gasteiger partial charge in [0.1, 0.15) is 6.33 Å². The van der Waals surface area contributed by atoms with Crippen LogP contribution < -0.4 is 5.32 Å². The van der Waals surface area contributed by atoms with Crippen molar-refractivity contribution in [2.75, 3.05) is 0 Å². The second kappa shape index (κ2) is 5.57. The molecule has 3 aromatic heterocycles. The van der Waals surface area contributed by atoms with Crippen LogP contribution in [0.4, 0.5) is 0 Å². The number of H-pyrrole nitrogens is 1. The van der Waals surface area contributed by atoms with Crippen LogP contribution in [-0.4, -0.2) is 35.8 Å². The van der Waals surface area contributed by atoms with Gasteiger partial charge in [-0.25, -0.2) is 4.98 Å². The first kappa shape index (κ1) is 13.0. The molecule has 2 N–H and O–H groups in total. The zero-order valence-electron chi connectivity index (χ0n) is 11.3. The molecule has 0 aliphatic heterocycles. The maximum absolute atomic E-state index is 11.7. The molecule has 0 fully saturated rings. The summed E-state index contributed by atoms with van der Waals surface area (Å²) in [6.45, 7) is 2.97. The highest BCUT2D eigenvalue weighted by molar-refractivity contribution is 5.90. The third-order valence-electron chi connectivity index (χ3n) is 2.90. The van der Waals surface area contributed by atoms with E-state index in [1.54, 1.807) is 0 Å². The highest BCUT2D eigenvalue weighted by Crippen LogP contribution is 2.16. The molecule has 0 aromatic carbocycles. The topological polar surface area (TPSA) is 115 Å². The predicted octanol–water partition coefficient (Wildman–Crippen LogP) is 0.606. The molecule has 3 rings (SSSR count). The van der Waals surface area contributed by atoms with Gasteiger partial charge in [0.2, 0.25) is 17.5 Å². The van der Waals surface area contributed by atoms with E-state index >= 15 is 0 Å². The monoisotopic (exact) mass is 287 g/mol. The van der Waals surface area contributed by atoms with E-state index in [1.165, 1.54) is 6.33 Å². The molecule has 108 valence electrons. The summed E-state index contributed by atoms with van der Waals surface area (Å²) < 4.78 is 7.12. The number of carbonyl (C=O) groups is 1. The molecule has 1 amide bonds. The molecule has 9 nitrogen and oxygen atoms in total. The van der Waals surface area contributed by atoms with E-state index in [0.717, 1.165) is 12.2 Å². The van der Waals surface area contributed by atoms with Crippen molar-refractivity contribution in [1.82, 2.24) is 35.2 Å². The summed E-state index contributed by atoms with van der Waals surface area (Å²) in [4.78, 5) is 19.7. The maximum Gasteiger partial charge on any atom is 0.289 e. The summed E-state index contributed by atoms with van der Waals surface area (Å²) in [5.41, 5.74) is 0.870. The Balaban J connectivity index is 1.67. The van der Waals surface area contributed by atoms with Gasteiger partial charge in [-0.2, -0.15) is 10.1 Å². The summed E-state index contributed by atoms with van der Waals surface area (Å²) in [5.74, 6) is 0.561. The van der Waals surface area contributed by atoms with E-state index in [2.05, 4.69) is 30.6 Å². The number of aromatic amines is 1. The zero-order chi connectivity index (χ0) is 14.7. The van der Waals surface area contributed by atoms with Crippen molar-refractivity contribution < 1.29 is 9.32 Å². The molecule has 0 bridgehead atoms. The van der Waals surface area contributed by atoms with Crippen molar-refractivity contribution in [2.24, 2.45) is 0 Å². The molecule has 0 spiro atoms. The van der Waals surface area contributed by atoms with Crippen LogP contribution in [-0.2, 0) is 13.1 Å². The summed E-state index contributed by atoms with van der Waals surface area (Å²) in [7, 11) is 0. The molecular weight excluding hydrogens is 274 g/mol. The molecule has 9 heteroatoms. The van der Waals surface area contributed by atoms with E-state index < -0.39 is 0 Å². The minimum atomic E-state index is -0.385. The van der Waals surface area contributed by atoms with Gasteiger partial charge >= 0.3 is 0 Å². The molecule has 0 aliphatic carbocycles. The second-order valence-electron chi connectivity index (χ2n) is 4.21. The fraction of sp³-hybridized carbons (Fsp3) is 0.250. The van der Waals surface area contributed by atoms with Gasteiger partial charge in [-0.15, -0.1) is 0 Å². The number of aryl methyl sites for hydroxylation is 1. The van der Waals surface area contributed by atoms with Gasteiger partial charge in [-0.1, -0.05) is 5.16 Å². The van der Waals surface area contributed by atoms with Crippen LogP contribution in [0.1, 0.15) is 23.4 Å². The Morgan fingerprint density at radius 2 is 2.43 bits per heavy atom. The van der Waals surface area contributed by atoms with Crippen molar-refractivity contribution in [2.45, 2.75) is 20.0 Å². The van der Waals surface area contributed by atoms with Crippen molar-refractivity contribution in [3.8, 4) is 11.5 Å². The number of aromatic nitrogens is 6. The molecule has 0 aliphatic rings. The molecule has 3 aromatic rings.